The first-order valence-corrected chi connectivity index (χ1v) is 8.97. The minimum atomic E-state index is -2.99. The molecule has 2 fully saturated rings. The molecule has 2 rings (SSSR count). The molecule has 1 atom stereocenters. The number of carbonyl (C=O) groups is 1. The second kappa shape index (κ2) is 5.79. The molecule has 110 valence electrons. The van der Waals surface area contributed by atoms with Crippen LogP contribution in [-0.4, -0.2) is 38.9 Å². The van der Waals surface area contributed by atoms with Crippen molar-refractivity contribution < 1.29 is 13.2 Å². The summed E-state index contributed by atoms with van der Waals surface area (Å²) in [5, 5.41) is 2.94. The summed E-state index contributed by atoms with van der Waals surface area (Å²) in [6, 6.07) is 0. The highest BCUT2D eigenvalue weighted by Gasteiger charge is 2.35. The summed E-state index contributed by atoms with van der Waals surface area (Å²) in [6.45, 7) is 1.19. The first-order valence-electron chi connectivity index (χ1n) is 7.15. The van der Waals surface area contributed by atoms with Gasteiger partial charge in [-0.1, -0.05) is 19.3 Å². The molecule has 0 bridgehead atoms. The fraction of sp³-hybridized carbons (Fsp3) is 0.923. The van der Waals surface area contributed by atoms with E-state index in [2.05, 4.69) is 5.32 Å². The molecular weight excluding hydrogens is 264 g/mol. The van der Waals surface area contributed by atoms with E-state index in [0.29, 0.717) is 19.5 Å². The minimum absolute atomic E-state index is 0.00839. The third kappa shape index (κ3) is 3.69. The number of nitrogens with one attached hydrogen (secondary N) is 1. The molecule has 19 heavy (non-hydrogen) atoms. The molecule has 1 saturated carbocycles. The second-order valence-electron chi connectivity index (χ2n) is 6.08. The van der Waals surface area contributed by atoms with E-state index in [-0.39, 0.29) is 28.7 Å². The van der Waals surface area contributed by atoms with Gasteiger partial charge in [0.05, 0.1) is 17.4 Å². The van der Waals surface area contributed by atoms with Crippen molar-refractivity contribution >= 4 is 15.7 Å². The topological polar surface area (TPSA) is 89.3 Å². The molecule has 3 N–H and O–H groups in total. The van der Waals surface area contributed by atoms with E-state index in [1.807, 2.05) is 0 Å². The van der Waals surface area contributed by atoms with E-state index in [9.17, 15) is 13.2 Å². The van der Waals surface area contributed by atoms with Crippen LogP contribution in [-0.2, 0) is 14.6 Å². The van der Waals surface area contributed by atoms with Crippen molar-refractivity contribution in [3.63, 3.8) is 0 Å². The lowest BCUT2D eigenvalue weighted by molar-refractivity contribution is -0.124. The monoisotopic (exact) mass is 288 g/mol. The quantitative estimate of drug-likeness (QED) is 0.786. The highest BCUT2D eigenvalue weighted by molar-refractivity contribution is 7.91. The van der Waals surface area contributed by atoms with Crippen LogP contribution in [0.15, 0.2) is 0 Å². The number of sulfone groups is 1. The van der Waals surface area contributed by atoms with E-state index in [1.165, 1.54) is 19.3 Å². The number of hydrogen-bond donors (Lipinski definition) is 2. The smallest absolute Gasteiger partial charge is 0.224 e. The van der Waals surface area contributed by atoms with Gasteiger partial charge in [0.25, 0.3) is 0 Å². The third-order valence-electron chi connectivity index (χ3n) is 4.59. The number of hydrogen-bond acceptors (Lipinski definition) is 4. The maximum absolute atomic E-state index is 12.0. The van der Waals surface area contributed by atoms with Gasteiger partial charge in [0, 0.05) is 6.54 Å². The van der Waals surface area contributed by atoms with Crippen LogP contribution in [0.1, 0.15) is 38.5 Å². The lowest BCUT2D eigenvalue weighted by Crippen LogP contribution is -2.45. The molecule has 5 nitrogen and oxygen atoms in total. The van der Waals surface area contributed by atoms with Gasteiger partial charge in [-0.05, 0) is 31.2 Å². The van der Waals surface area contributed by atoms with Gasteiger partial charge in [0.15, 0.2) is 9.84 Å². The average Bonchev–Trinajstić information content (AvgIpc) is 2.77. The van der Waals surface area contributed by atoms with E-state index in [4.69, 9.17) is 5.73 Å². The molecule has 0 aromatic carbocycles. The Morgan fingerprint density at radius 1 is 1.26 bits per heavy atom. The van der Waals surface area contributed by atoms with Gasteiger partial charge in [-0.3, -0.25) is 4.79 Å². The van der Waals surface area contributed by atoms with Crippen molar-refractivity contribution in [3.05, 3.63) is 0 Å². The van der Waals surface area contributed by atoms with Crippen LogP contribution in [0, 0.1) is 11.3 Å². The molecule has 0 aromatic heterocycles. The summed E-state index contributed by atoms with van der Waals surface area (Å²) in [5.41, 5.74) is 5.91. The molecular formula is C13H24N2O3S. The first kappa shape index (κ1) is 14.8. The lowest BCUT2D eigenvalue weighted by Gasteiger charge is -2.36. The van der Waals surface area contributed by atoms with Crippen molar-refractivity contribution in [2.24, 2.45) is 17.1 Å². The number of amides is 1. The fourth-order valence-electron chi connectivity index (χ4n) is 3.18. The highest BCUT2D eigenvalue weighted by atomic mass is 32.2. The van der Waals surface area contributed by atoms with E-state index in [0.717, 1.165) is 12.8 Å². The Hall–Kier alpha value is -0.620. The summed E-state index contributed by atoms with van der Waals surface area (Å²) in [4.78, 5) is 12.0. The molecule has 1 aliphatic heterocycles. The Morgan fingerprint density at radius 3 is 2.47 bits per heavy atom. The summed E-state index contributed by atoms with van der Waals surface area (Å²) in [6.07, 6.45) is 6.18. The predicted octanol–water partition coefficient (Wildman–Crippen LogP) is 0.446. The fourth-order valence-corrected chi connectivity index (χ4v) is 4.92. The summed E-state index contributed by atoms with van der Waals surface area (Å²) in [5.74, 6) is -0.315. The van der Waals surface area contributed by atoms with Gasteiger partial charge in [-0.25, -0.2) is 8.42 Å². The van der Waals surface area contributed by atoms with Gasteiger partial charge < -0.3 is 11.1 Å². The highest BCUT2D eigenvalue weighted by Crippen LogP contribution is 2.34. The molecule has 1 aliphatic carbocycles. The lowest BCUT2D eigenvalue weighted by atomic mass is 9.74. The van der Waals surface area contributed by atoms with Crippen LogP contribution in [0.2, 0.25) is 0 Å². The van der Waals surface area contributed by atoms with Crippen LogP contribution >= 0.6 is 0 Å². The zero-order valence-corrected chi connectivity index (χ0v) is 12.2. The molecule has 0 radical (unpaired) electrons. The van der Waals surface area contributed by atoms with Crippen molar-refractivity contribution in [3.8, 4) is 0 Å². The SMILES string of the molecule is NCC1(CNC(=O)C2CCS(=O)(=O)C2)CCCCC1. The first-order chi connectivity index (χ1) is 8.96. The summed E-state index contributed by atoms with van der Waals surface area (Å²) in [7, 11) is -2.99. The number of carbonyl (C=O) groups excluding carboxylic acids is 1. The molecule has 1 saturated heterocycles. The maximum Gasteiger partial charge on any atom is 0.224 e. The normalized spacial score (nSPS) is 29.0. The largest absolute Gasteiger partial charge is 0.355 e. The van der Waals surface area contributed by atoms with Gasteiger partial charge in [-0.15, -0.1) is 0 Å². The maximum atomic E-state index is 12.0. The Bertz CT molecular complexity index is 427. The molecule has 2 aliphatic rings. The van der Waals surface area contributed by atoms with Gasteiger partial charge in [0.1, 0.15) is 0 Å². The zero-order chi connectivity index (χ0) is 13.9. The van der Waals surface area contributed by atoms with Crippen molar-refractivity contribution in [2.45, 2.75) is 38.5 Å². The Morgan fingerprint density at radius 2 is 1.95 bits per heavy atom. The Labute approximate surface area is 115 Å². The standard InChI is InChI=1S/C13H24N2O3S/c14-9-13(5-2-1-3-6-13)10-15-12(16)11-4-7-19(17,18)8-11/h11H,1-10,14H2,(H,15,16). The van der Waals surface area contributed by atoms with Gasteiger partial charge in [0.2, 0.25) is 5.91 Å². The predicted molar refractivity (Wildman–Crippen MR) is 74.3 cm³/mol. The second-order valence-corrected chi connectivity index (χ2v) is 8.31. The van der Waals surface area contributed by atoms with E-state index < -0.39 is 9.84 Å². The Balaban J connectivity index is 1.86. The van der Waals surface area contributed by atoms with Crippen LogP contribution in [0.4, 0.5) is 0 Å². The molecule has 1 heterocycles. The van der Waals surface area contributed by atoms with Crippen LogP contribution in [0.5, 0.6) is 0 Å². The van der Waals surface area contributed by atoms with E-state index in [1.54, 1.807) is 0 Å². The molecule has 0 aromatic rings. The molecule has 1 amide bonds. The number of rotatable bonds is 4. The van der Waals surface area contributed by atoms with Crippen molar-refractivity contribution in [2.75, 3.05) is 24.6 Å². The van der Waals surface area contributed by atoms with Crippen LogP contribution in [0.25, 0.3) is 0 Å². The van der Waals surface area contributed by atoms with Crippen LogP contribution < -0.4 is 11.1 Å². The summed E-state index contributed by atoms with van der Waals surface area (Å²) < 4.78 is 22.7. The zero-order valence-electron chi connectivity index (χ0n) is 11.4. The average molecular weight is 288 g/mol. The van der Waals surface area contributed by atoms with Gasteiger partial charge in [-0.2, -0.15) is 0 Å². The molecule has 1 unspecified atom stereocenters. The third-order valence-corrected chi connectivity index (χ3v) is 6.36. The summed E-state index contributed by atoms with van der Waals surface area (Å²) >= 11 is 0. The molecule has 0 spiro atoms. The van der Waals surface area contributed by atoms with Crippen LogP contribution in [0.3, 0.4) is 0 Å². The number of nitrogens with two attached hydrogens (primary N) is 1. The van der Waals surface area contributed by atoms with Gasteiger partial charge >= 0.3 is 0 Å². The van der Waals surface area contributed by atoms with E-state index >= 15 is 0 Å². The van der Waals surface area contributed by atoms with Crippen molar-refractivity contribution in [1.82, 2.24) is 5.32 Å². The molecule has 6 heteroatoms. The minimum Gasteiger partial charge on any atom is -0.355 e. The van der Waals surface area contributed by atoms with Crippen molar-refractivity contribution in [1.29, 1.82) is 0 Å². The Kier molecular flexibility index (Phi) is 4.50.